The molecule has 1 atom stereocenters. The van der Waals surface area contributed by atoms with Gasteiger partial charge in [0.2, 0.25) is 0 Å². The van der Waals surface area contributed by atoms with E-state index in [0.717, 1.165) is 18.8 Å². The minimum Gasteiger partial charge on any atom is -0.494 e. The lowest BCUT2D eigenvalue weighted by Gasteiger charge is -2.17. The van der Waals surface area contributed by atoms with Gasteiger partial charge in [0.1, 0.15) is 5.75 Å². The largest absolute Gasteiger partial charge is 0.494 e. The third-order valence-corrected chi connectivity index (χ3v) is 3.87. The molecule has 110 valence electrons. The summed E-state index contributed by atoms with van der Waals surface area (Å²) in [4.78, 5) is 0. The number of nitrogens with zero attached hydrogens (tertiary/aromatic N) is 1. The van der Waals surface area contributed by atoms with Crippen molar-refractivity contribution in [1.29, 1.82) is 0 Å². The van der Waals surface area contributed by atoms with Gasteiger partial charge in [-0.05, 0) is 44.0 Å². The van der Waals surface area contributed by atoms with Gasteiger partial charge in [-0.1, -0.05) is 13.8 Å². The van der Waals surface area contributed by atoms with Gasteiger partial charge in [-0.15, -0.1) is 0 Å². The molecule has 3 heteroatoms. The summed E-state index contributed by atoms with van der Waals surface area (Å²) < 4.78 is 7.84. The maximum Gasteiger partial charge on any atom is 0.120 e. The molecule has 0 aliphatic carbocycles. The average Bonchev–Trinajstić information content (AvgIpc) is 2.81. The Labute approximate surface area is 121 Å². The van der Waals surface area contributed by atoms with Gasteiger partial charge in [0.25, 0.3) is 0 Å². The van der Waals surface area contributed by atoms with E-state index in [1.807, 2.05) is 13.0 Å². The van der Waals surface area contributed by atoms with Crippen molar-refractivity contribution in [2.45, 2.75) is 40.3 Å². The van der Waals surface area contributed by atoms with Crippen LogP contribution in [-0.4, -0.2) is 23.8 Å². The number of nitrogens with one attached hydrogen (secondary N) is 1. The molecule has 2 rings (SSSR count). The summed E-state index contributed by atoms with van der Waals surface area (Å²) in [5.41, 5.74) is 1.27. The molecule has 0 radical (unpaired) electrons. The Morgan fingerprint density at radius 2 is 2.00 bits per heavy atom. The zero-order valence-electron chi connectivity index (χ0n) is 13.0. The van der Waals surface area contributed by atoms with Crippen LogP contribution in [0.5, 0.6) is 5.75 Å². The fourth-order valence-electron chi connectivity index (χ4n) is 2.28. The lowest BCUT2D eigenvalue weighted by molar-refractivity contribution is 0.340. The van der Waals surface area contributed by atoms with E-state index in [1.165, 1.54) is 10.9 Å². The molecular formula is C17H26N2O. The Balaban J connectivity index is 2.00. The number of fused-ring (bicyclic) bond motifs is 1. The number of hydrogen-bond acceptors (Lipinski definition) is 2. The number of rotatable bonds is 7. The molecule has 3 nitrogen and oxygen atoms in total. The van der Waals surface area contributed by atoms with Crippen molar-refractivity contribution in [3.05, 3.63) is 30.5 Å². The highest BCUT2D eigenvalue weighted by Gasteiger charge is 2.06. The third kappa shape index (κ3) is 3.54. The molecule has 1 aromatic carbocycles. The third-order valence-electron chi connectivity index (χ3n) is 3.87. The van der Waals surface area contributed by atoms with Crippen LogP contribution in [0.2, 0.25) is 0 Å². The molecule has 1 unspecified atom stereocenters. The first-order valence-electron chi connectivity index (χ1n) is 7.57. The van der Waals surface area contributed by atoms with Crippen LogP contribution in [0.4, 0.5) is 0 Å². The normalized spacial score (nSPS) is 13.1. The van der Waals surface area contributed by atoms with Crippen LogP contribution in [0.1, 0.15) is 27.7 Å². The molecule has 0 fully saturated rings. The molecule has 1 N–H and O–H groups in total. The van der Waals surface area contributed by atoms with Gasteiger partial charge >= 0.3 is 0 Å². The van der Waals surface area contributed by atoms with Crippen molar-refractivity contribution >= 4 is 10.9 Å². The molecule has 0 aliphatic heterocycles. The van der Waals surface area contributed by atoms with E-state index >= 15 is 0 Å². The Bertz CT molecular complexity index is 545. The molecule has 0 saturated heterocycles. The highest BCUT2D eigenvalue weighted by atomic mass is 16.5. The molecule has 0 amide bonds. The predicted octanol–water partition coefficient (Wildman–Crippen LogP) is 3.67. The van der Waals surface area contributed by atoms with Crippen LogP contribution in [0.3, 0.4) is 0 Å². The van der Waals surface area contributed by atoms with E-state index in [2.05, 4.69) is 55.1 Å². The monoisotopic (exact) mass is 274 g/mol. The van der Waals surface area contributed by atoms with E-state index in [4.69, 9.17) is 4.74 Å². The van der Waals surface area contributed by atoms with Crippen LogP contribution in [0.15, 0.2) is 30.5 Å². The van der Waals surface area contributed by atoms with Crippen LogP contribution in [0, 0.1) is 5.92 Å². The van der Waals surface area contributed by atoms with Crippen molar-refractivity contribution < 1.29 is 4.74 Å². The van der Waals surface area contributed by atoms with Crippen LogP contribution in [-0.2, 0) is 6.54 Å². The van der Waals surface area contributed by atoms with Gasteiger partial charge in [0, 0.05) is 36.2 Å². The van der Waals surface area contributed by atoms with Crippen LogP contribution >= 0.6 is 0 Å². The summed E-state index contributed by atoms with van der Waals surface area (Å²) in [5.74, 6) is 1.62. The SMILES string of the molecule is CCOc1ccc2c(ccn2CCNC(C)C(C)C)c1. The zero-order chi connectivity index (χ0) is 14.5. The van der Waals surface area contributed by atoms with Gasteiger partial charge in [-0.3, -0.25) is 0 Å². The van der Waals surface area contributed by atoms with Crippen molar-refractivity contribution in [2.24, 2.45) is 5.92 Å². The number of aromatic nitrogens is 1. The Morgan fingerprint density at radius 1 is 1.20 bits per heavy atom. The van der Waals surface area contributed by atoms with Gasteiger partial charge in [-0.2, -0.15) is 0 Å². The molecule has 20 heavy (non-hydrogen) atoms. The minimum atomic E-state index is 0.557. The van der Waals surface area contributed by atoms with E-state index in [1.54, 1.807) is 0 Å². The summed E-state index contributed by atoms with van der Waals surface area (Å²) >= 11 is 0. The molecule has 0 saturated carbocycles. The van der Waals surface area contributed by atoms with Crippen molar-refractivity contribution in [2.75, 3.05) is 13.2 Å². The standard InChI is InChI=1S/C17H26N2O/c1-5-20-16-6-7-17-15(12-16)8-10-19(17)11-9-18-14(4)13(2)3/h6-8,10,12-14,18H,5,9,11H2,1-4H3. The Hall–Kier alpha value is -1.48. The lowest BCUT2D eigenvalue weighted by Crippen LogP contribution is -2.33. The molecule has 0 aliphatic rings. The first-order valence-corrected chi connectivity index (χ1v) is 7.57. The maximum atomic E-state index is 5.54. The summed E-state index contributed by atoms with van der Waals surface area (Å²) in [6.45, 7) is 11.5. The zero-order valence-corrected chi connectivity index (χ0v) is 13.0. The topological polar surface area (TPSA) is 26.2 Å². The van der Waals surface area contributed by atoms with Gasteiger partial charge in [0.15, 0.2) is 0 Å². The molecule has 0 bridgehead atoms. The summed E-state index contributed by atoms with van der Waals surface area (Å²) in [5, 5.41) is 4.81. The maximum absolute atomic E-state index is 5.54. The molecule has 2 aromatic rings. The molecule has 0 spiro atoms. The minimum absolute atomic E-state index is 0.557. The number of benzene rings is 1. The summed E-state index contributed by atoms with van der Waals surface area (Å²) in [6, 6.07) is 9.02. The lowest BCUT2D eigenvalue weighted by atomic mass is 10.1. The number of ether oxygens (including phenoxy) is 1. The van der Waals surface area contributed by atoms with Crippen molar-refractivity contribution in [3.8, 4) is 5.75 Å². The highest BCUT2D eigenvalue weighted by molar-refractivity contribution is 5.81. The molecular weight excluding hydrogens is 248 g/mol. The number of hydrogen-bond donors (Lipinski definition) is 1. The van der Waals surface area contributed by atoms with E-state index in [0.29, 0.717) is 18.6 Å². The smallest absolute Gasteiger partial charge is 0.120 e. The Morgan fingerprint density at radius 3 is 2.70 bits per heavy atom. The average molecular weight is 274 g/mol. The second kappa shape index (κ2) is 6.80. The second-order valence-corrected chi connectivity index (χ2v) is 5.65. The van der Waals surface area contributed by atoms with Gasteiger partial charge < -0.3 is 14.6 Å². The predicted molar refractivity (Wildman–Crippen MR) is 85.4 cm³/mol. The fourth-order valence-corrected chi connectivity index (χ4v) is 2.28. The first kappa shape index (κ1) is 14.9. The second-order valence-electron chi connectivity index (χ2n) is 5.65. The molecule has 1 aromatic heterocycles. The van der Waals surface area contributed by atoms with Gasteiger partial charge in [-0.25, -0.2) is 0 Å². The van der Waals surface area contributed by atoms with Crippen LogP contribution in [0.25, 0.3) is 10.9 Å². The molecule has 1 heterocycles. The fraction of sp³-hybridized carbons (Fsp3) is 0.529. The highest BCUT2D eigenvalue weighted by Crippen LogP contribution is 2.22. The van der Waals surface area contributed by atoms with Crippen molar-refractivity contribution in [3.63, 3.8) is 0 Å². The Kier molecular flexibility index (Phi) is 5.07. The quantitative estimate of drug-likeness (QED) is 0.833. The summed E-state index contributed by atoms with van der Waals surface area (Å²) in [6.07, 6.45) is 2.15. The van der Waals surface area contributed by atoms with E-state index < -0.39 is 0 Å². The van der Waals surface area contributed by atoms with Crippen molar-refractivity contribution in [1.82, 2.24) is 9.88 Å². The van der Waals surface area contributed by atoms with Gasteiger partial charge in [0.05, 0.1) is 6.61 Å². The van der Waals surface area contributed by atoms with E-state index in [9.17, 15) is 0 Å². The van der Waals surface area contributed by atoms with Crippen LogP contribution < -0.4 is 10.1 Å². The summed E-state index contributed by atoms with van der Waals surface area (Å²) in [7, 11) is 0. The first-order chi connectivity index (χ1) is 9.61. The van der Waals surface area contributed by atoms with E-state index in [-0.39, 0.29) is 0 Å².